The minimum absolute atomic E-state index is 0.112. The molecule has 3 aromatic carbocycles. The maximum atomic E-state index is 12.1. The highest BCUT2D eigenvalue weighted by molar-refractivity contribution is 7.99. The zero-order chi connectivity index (χ0) is 24.5. The van der Waals surface area contributed by atoms with Crippen molar-refractivity contribution < 1.29 is 14.3 Å². The van der Waals surface area contributed by atoms with Crippen molar-refractivity contribution in [3.63, 3.8) is 0 Å². The van der Waals surface area contributed by atoms with Gasteiger partial charge < -0.3 is 14.8 Å². The van der Waals surface area contributed by atoms with E-state index in [4.69, 9.17) is 9.47 Å². The molecule has 1 N–H and O–H groups in total. The molecule has 0 radical (unpaired) electrons. The van der Waals surface area contributed by atoms with Crippen LogP contribution in [0.1, 0.15) is 5.82 Å². The Morgan fingerprint density at radius 1 is 1.00 bits per heavy atom. The van der Waals surface area contributed by atoms with Crippen LogP contribution in [-0.4, -0.2) is 40.1 Å². The zero-order valence-electron chi connectivity index (χ0n) is 19.4. The minimum atomic E-state index is -0.112. The Kier molecular flexibility index (Phi) is 8.19. The van der Waals surface area contributed by atoms with Crippen molar-refractivity contribution >= 4 is 17.7 Å². The molecule has 0 atom stereocenters. The van der Waals surface area contributed by atoms with E-state index in [2.05, 4.69) is 22.1 Å². The van der Waals surface area contributed by atoms with Crippen LogP contribution in [0.25, 0.3) is 16.8 Å². The van der Waals surface area contributed by atoms with Gasteiger partial charge in [0.05, 0.1) is 18.6 Å². The molecule has 0 fully saturated rings. The van der Waals surface area contributed by atoms with Crippen LogP contribution in [0.3, 0.4) is 0 Å². The van der Waals surface area contributed by atoms with E-state index in [1.807, 2.05) is 83.4 Å². The van der Waals surface area contributed by atoms with Crippen molar-refractivity contribution in [2.45, 2.75) is 11.8 Å². The van der Waals surface area contributed by atoms with E-state index in [1.165, 1.54) is 11.8 Å². The highest BCUT2D eigenvalue weighted by Gasteiger charge is 2.19. The fourth-order valence-electron chi connectivity index (χ4n) is 3.50. The van der Waals surface area contributed by atoms with E-state index in [0.717, 1.165) is 22.6 Å². The van der Waals surface area contributed by atoms with Crippen LogP contribution in [0.5, 0.6) is 11.5 Å². The van der Waals surface area contributed by atoms with Gasteiger partial charge in [-0.15, -0.1) is 16.8 Å². The van der Waals surface area contributed by atoms with Crippen molar-refractivity contribution in [1.29, 1.82) is 0 Å². The number of nitrogens with zero attached hydrogens (tertiary/aromatic N) is 3. The Labute approximate surface area is 208 Å². The first-order valence-corrected chi connectivity index (χ1v) is 12.0. The largest absolute Gasteiger partial charge is 0.495 e. The van der Waals surface area contributed by atoms with E-state index in [1.54, 1.807) is 13.2 Å². The fourth-order valence-corrected chi connectivity index (χ4v) is 4.30. The Morgan fingerprint density at radius 2 is 1.71 bits per heavy atom. The third kappa shape index (κ3) is 5.91. The van der Waals surface area contributed by atoms with Crippen molar-refractivity contribution in [3.8, 4) is 28.3 Å². The average molecular weight is 487 g/mol. The molecule has 0 aliphatic rings. The van der Waals surface area contributed by atoms with Gasteiger partial charge in [-0.1, -0.05) is 78.5 Å². The molecule has 4 rings (SSSR count). The lowest BCUT2D eigenvalue weighted by Crippen LogP contribution is -2.25. The standard InChI is InChI=1S/C27H26N4O3S/c1-3-17-28-26(32)19-35-27-30-29-25(31(27)22-14-8-10-16-24(22)33-2)18-34-23-15-9-7-13-21(23)20-11-5-4-6-12-20/h3-16H,1,17-19H2,2H3,(H,28,32). The highest BCUT2D eigenvalue weighted by atomic mass is 32.2. The molecule has 1 heterocycles. The molecular formula is C27H26N4O3S. The molecule has 7 nitrogen and oxygen atoms in total. The molecule has 4 aromatic rings. The van der Waals surface area contributed by atoms with Crippen molar-refractivity contribution in [2.24, 2.45) is 0 Å². The summed E-state index contributed by atoms with van der Waals surface area (Å²) in [5, 5.41) is 12.1. The molecule has 1 amide bonds. The van der Waals surface area contributed by atoms with Gasteiger partial charge in [-0.05, 0) is 23.8 Å². The van der Waals surface area contributed by atoms with Crippen LogP contribution in [-0.2, 0) is 11.4 Å². The lowest BCUT2D eigenvalue weighted by molar-refractivity contribution is -0.118. The van der Waals surface area contributed by atoms with Crippen molar-refractivity contribution in [2.75, 3.05) is 19.4 Å². The van der Waals surface area contributed by atoms with Gasteiger partial charge in [-0.25, -0.2) is 0 Å². The first kappa shape index (κ1) is 24.1. The fraction of sp³-hybridized carbons (Fsp3) is 0.148. The first-order valence-electron chi connectivity index (χ1n) is 11.1. The minimum Gasteiger partial charge on any atom is -0.495 e. The molecule has 0 bridgehead atoms. The summed E-state index contributed by atoms with van der Waals surface area (Å²) in [6.45, 7) is 4.22. The zero-order valence-corrected chi connectivity index (χ0v) is 20.2. The van der Waals surface area contributed by atoms with Gasteiger partial charge in [0.1, 0.15) is 18.1 Å². The number of aromatic nitrogens is 3. The SMILES string of the molecule is C=CCNC(=O)CSc1nnc(COc2ccccc2-c2ccccc2)n1-c1ccccc1OC. The number of amides is 1. The van der Waals surface area contributed by atoms with Crippen LogP contribution >= 0.6 is 11.8 Å². The van der Waals surface area contributed by atoms with E-state index < -0.39 is 0 Å². The number of ether oxygens (including phenoxy) is 2. The second kappa shape index (κ2) is 11.9. The summed E-state index contributed by atoms with van der Waals surface area (Å²) in [5.74, 6) is 2.08. The summed E-state index contributed by atoms with van der Waals surface area (Å²) < 4.78 is 13.7. The molecule has 0 saturated carbocycles. The summed E-state index contributed by atoms with van der Waals surface area (Å²) in [4.78, 5) is 12.1. The van der Waals surface area contributed by atoms with Crippen LogP contribution < -0.4 is 14.8 Å². The number of hydrogen-bond acceptors (Lipinski definition) is 6. The molecule has 1 aromatic heterocycles. The molecule has 8 heteroatoms. The number of carbonyl (C=O) groups excluding carboxylic acids is 1. The number of para-hydroxylation sites is 3. The van der Waals surface area contributed by atoms with Crippen molar-refractivity contribution in [1.82, 2.24) is 20.1 Å². The predicted octanol–water partition coefficient (Wildman–Crippen LogP) is 4.92. The third-order valence-electron chi connectivity index (χ3n) is 5.13. The maximum Gasteiger partial charge on any atom is 0.230 e. The van der Waals surface area contributed by atoms with Gasteiger partial charge >= 0.3 is 0 Å². The number of rotatable bonds is 11. The summed E-state index contributed by atoms with van der Waals surface area (Å²) in [6.07, 6.45) is 1.64. The molecule has 0 saturated heterocycles. The van der Waals surface area contributed by atoms with E-state index in [-0.39, 0.29) is 18.3 Å². The second-order valence-corrected chi connectivity index (χ2v) is 8.38. The maximum absolute atomic E-state index is 12.1. The third-order valence-corrected chi connectivity index (χ3v) is 6.06. The predicted molar refractivity (Wildman–Crippen MR) is 138 cm³/mol. The van der Waals surface area contributed by atoms with Crippen LogP contribution in [0, 0.1) is 0 Å². The topological polar surface area (TPSA) is 78.3 Å². The summed E-state index contributed by atoms with van der Waals surface area (Å²) >= 11 is 1.29. The molecular weight excluding hydrogens is 460 g/mol. The van der Waals surface area contributed by atoms with E-state index in [0.29, 0.717) is 23.3 Å². The van der Waals surface area contributed by atoms with E-state index >= 15 is 0 Å². The summed E-state index contributed by atoms with van der Waals surface area (Å²) in [5.41, 5.74) is 2.82. The molecule has 0 unspecified atom stereocenters. The number of nitrogens with one attached hydrogen (secondary N) is 1. The average Bonchev–Trinajstić information content (AvgIpc) is 3.32. The van der Waals surface area contributed by atoms with Crippen LogP contribution in [0.2, 0.25) is 0 Å². The molecule has 35 heavy (non-hydrogen) atoms. The van der Waals surface area contributed by atoms with Gasteiger partial charge in [-0.3, -0.25) is 9.36 Å². The van der Waals surface area contributed by atoms with E-state index in [9.17, 15) is 4.79 Å². The molecule has 0 aliphatic heterocycles. The Balaban J connectivity index is 1.63. The Morgan fingerprint density at radius 3 is 2.49 bits per heavy atom. The summed E-state index contributed by atoms with van der Waals surface area (Å²) in [7, 11) is 1.62. The number of hydrogen-bond donors (Lipinski definition) is 1. The van der Waals surface area contributed by atoms with Crippen molar-refractivity contribution in [3.05, 3.63) is 97.3 Å². The van der Waals surface area contributed by atoms with Gasteiger partial charge in [-0.2, -0.15) is 0 Å². The Hall–Kier alpha value is -4.04. The van der Waals surface area contributed by atoms with Gasteiger partial charge in [0.2, 0.25) is 5.91 Å². The second-order valence-electron chi connectivity index (χ2n) is 7.44. The number of benzene rings is 3. The normalized spacial score (nSPS) is 10.5. The molecule has 0 aliphatic carbocycles. The van der Waals surface area contributed by atoms with Gasteiger partial charge in [0.25, 0.3) is 0 Å². The van der Waals surface area contributed by atoms with Gasteiger partial charge in [0.15, 0.2) is 11.0 Å². The number of methoxy groups -OCH3 is 1. The number of thioether (sulfide) groups is 1. The number of carbonyl (C=O) groups is 1. The first-order chi connectivity index (χ1) is 17.2. The lowest BCUT2D eigenvalue weighted by atomic mass is 10.1. The highest BCUT2D eigenvalue weighted by Crippen LogP contribution is 2.32. The Bertz CT molecular complexity index is 1290. The lowest BCUT2D eigenvalue weighted by Gasteiger charge is -2.15. The quantitative estimate of drug-likeness (QED) is 0.240. The van der Waals surface area contributed by atoms with Crippen LogP contribution in [0.4, 0.5) is 0 Å². The molecule has 0 spiro atoms. The van der Waals surface area contributed by atoms with Crippen LogP contribution in [0.15, 0.2) is 96.7 Å². The molecule has 178 valence electrons. The smallest absolute Gasteiger partial charge is 0.230 e. The summed E-state index contributed by atoms with van der Waals surface area (Å²) in [6, 6.07) is 25.6. The monoisotopic (exact) mass is 486 g/mol. The van der Waals surface area contributed by atoms with Gasteiger partial charge in [0, 0.05) is 12.1 Å².